The van der Waals surface area contributed by atoms with E-state index in [9.17, 15) is 9.59 Å². The lowest BCUT2D eigenvalue weighted by atomic mass is 10.1. The van der Waals surface area contributed by atoms with Crippen molar-refractivity contribution >= 4 is 16.9 Å². The van der Waals surface area contributed by atoms with Gasteiger partial charge in [0.2, 0.25) is 11.2 Å². The van der Waals surface area contributed by atoms with Crippen molar-refractivity contribution in [1.29, 1.82) is 0 Å². The number of carbonyl (C=O) groups is 1. The Morgan fingerprint density at radius 3 is 2.50 bits per heavy atom. The Kier molecular flexibility index (Phi) is 5.68. The lowest BCUT2D eigenvalue weighted by molar-refractivity contribution is -0.150. The van der Waals surface area contributed by atoms with Crippen LogP contribution < -0.4 is 14.9 Å². The van der Waals surface area contributed by atoms with Gasteiger partial charge in [0.1, 0.15) is 11.3 Å². The van der Waals surface area contributed by atoms with Gasteiger partial charge in [-0.05, 0) is 57.2 Å². The van der Waals surface area contributed by atoms with Gasteiger partial charge in [0.15, 0.2) is 11.9 Å². The maximum absolute atomic E-state index is 13.2. The highest BCUT2D eigenvalue weighted by Crippen LogP contribution is 2.32. The fourth-order valence-corrected chi connectivity index (χ4v) is 2.82. The number of hydrogen-bond acceptors (Lipinski definition) is 6. The van der Waals surface area contributed by atoms with Gasteiger partial charge in [0, 0.05) is 5.56 Å². The lowest BCUT2D eigenvalue weighted by Crippen LogP contribution is -2.28. The average Bonchev–Trinajstić information content (AvgIpc) is 2.70. The second-order valence-electron chi connectivity index (χ2n) is 6.33. The van der Waals surface area contributed by atoms with Gasteiger partial charge in [-0.2, -0.15) is 0 Å². The van der Waals surface area contributed by atoms with Crippen LogP contribution in [0.2, 0.25) is 0 Å². The van der Waals surface area contributed by atoms with Crippen LogP contribution >= 0.6 is 0 Å². The molecular formula is C22H22O6. The molecule has 2 aromatic carbocycles. The van der Waals surface area contributed by atoms with Crippen LogP contribution in [0, 0.1) is 6.92 Å². The van der Waals surface area contributed by atoms with Gasteiger partial charge in [-0.25, -0.2) is 4.79 Å². The summed E-state index contributed by atoms with van der Waals surface area (Å²) in [7, 11) is 1.57. The van der Waals surface area contributed by atoms with E-state index in [2.05, 4.69) is 0 Å². The van der Waals surface area contributed by atoms with Crippen molar-refractivity contribution in [3.05, 3.63) is 58.3 Å². The molecule has 0 amide bonds. The number of benzene rings is 2. The van der Waals surface area contributed by atoms with E-state index in [1.54, 1.807) is 50.4 Å². The quantitative estimate of drug-likeness (QED) is 0.597. The number of methoxy groups -OCH3 is 1. The minimum absolute atomic E-state index is 0.0242. The molecule has 0 saturated carbocycles. The molecule has 0 N–H and O–H groups in total. The van der Waals surface area contributed by atoms with Crippen LogP contribution in [0.1, 0.15) is 19.4 Å². The van der Waals surface area contributed by atoms with E-state index in [0.29, 0.717) is 22.3 Å². The standard InChI is InChI=1S/C22H22O6/c1-5-26-22(24)14(3)27-21-19(23)17-12-13(2)6-11-18(17)28-20(21)15-7-9-16(25-4)10-8-15/h6-12,14H,5H2,1-4H3/t14-/m1/s1. The number of fused-ring (bicyclic) bond motifs is 1. The third kappa shape index (κ3) is 3.86. The van der Waals surface area contributed by atoms with Gasteiger partial charge in [0.25, 0.3) is 0 Å². The first-order chi connectivity index (χ1) is 13.4. The first-order valence-electron chi connectivity index (χ1n) is 8.99. The predicted molar refractivity (Wildman–Crippen MR) is 106 cm³/mol. The number of carbonyl (C=O) groups excluding carboxylic acids is 1. The first-order valence-corrected chi connectivity index (χ1v) is 8.99. The molecule has 0 aliphatic carbocycles. The second kappa shape index (κ2) is 8.17. The molecule has 1 heterocycles. The molecule has 3 rings (SSSR count). The van der Waals surface area contributed by atoms with E-state index >= 15 is 0 Å². The van der Waals surface area contributed by atoms with Crippen LogP contribution in [0.5, 0.6) is 11.5 Å². The molecular weight excluding hydrogens is 360 g/mol. The fourth-order valence-electron chi connectivity index (χ4n) is 2.82. The fraction of sp³-hybridized carbons (Fsp3) is 0.273. The van der Waals surface area contributed by atoms with E-state index < -0.39 is 12.1 Å². The number of ether oxygens (including phenoxy) is 3. The molecule has 0 aliphatic heterocycles. The Hall–Kier alpha value is -3.28. The Labute approximate surface area is 162 Å². The van der Waals surface area contributed by atoms with Gasteiger partial charge in [-0.1, -0.05) is 11.6 Å². The number of rotatable bonds is 6. The van der Waals surface area contributed by atoms with Crippen molar-refractivity contribution in [2.75, 3.05) is 13.7 Å². The molecule has 146 valence electrons. The van der Waals surface area contributed by atoms with Crippen LogP contribution in [-0.2, 0) is 9.53 Å². The van der Waals surface area contributed by atoms with Crippen molar-refractivity contribution in [2.45, 2.75) is 26.9 Å². The molecule has 6 heteroatoms. The molecule has 0 fully saturated rings. The molecule has 6 nitrogen and oxygen atoms in total. The molecule has 0 aliphatic rings. The lowest BCUT2D eigenvalue weighted by Gasteiger charge is -2.16. The van der Waals surface area contributed by atoms with Crippen LogP contribution in [-0.4, -0.2) is 25.8 Å². The molecule has 3 aromatic rings. The highest BCUT2D eigenvalue weighted by molar-refractivity contribution is 5.83. The van der Waals surface area contributed by atoms with E-state index in [4.69, 9.17) is 18.6 Å². The van der Waals surface area contributed by atoms with E-state index in [0.717, 1.165) is 5.56 Å². The summed E-state index contributed by atoms with van der Waals surface area (Å²) in [6, 6.07) is 12.4. The summed E-state index contributed by atoms with van der Waals surface area (Å²) in [6.45, 7) is 5.36. The Morgan fingerprint density at radius 2 is 1.86 bits per heavy atom. The van der Waals surface area contributed by atoms with Crippen LogP contribution in [0.4, 0.5) is 0 Å². The number of hydrogen-bond donors (Lipinski definition) is 0. The molecule has 0 unspecified atom stereocenters. The first kappa shape index (κ1) is 19.5. The average molecular weight is 382 g/mol. The zero-order valence-corrected chi connectivity index (χ0v) is 16.3. The predicted octanol–water partition coefficient (Wildman–Crippen LogP) is 4.11. The smallest absolute Gasteiger partial charge is 0.347 e. The monoisotopic (exact) mass is 382 g/mol. The van der Waals surface area contributed by atoms with Gasteiger partial charge < -0.3 is 18.6 Å². The van der Waals surface area contributed by atoms with Crippen molar-refractivity contribution in [1.82, 2.24) is 0 Å². The zero-order valence-electron chi connectivity index (χ0n) is 16.3. The van der Waals surface area contributed by atoms with Crippen molar-refractivity contribution in [3.63, 3.8) is 0 Å². The number of aryl methyl sites for hydroxylation is 1. The topological polar surface area (TPSA) is 75.0 Å². The molecule has 0 saturated heterocycles. The largest absolute Gasteiger partial charge is 0.497 e. The highest BCUT2D eigenvalue weighted by atomic mass is 16.6. The summed E-state index contributed by atoms with van der Waals surface area (Å²) in [5.74, 6) is 0.348. The van der Waals surface area contributed by atoms with Gasteiger partial charge in [-0.15, -0.1) is 0 Å². The third-order valence-corrected chi connectivity index (χ3v) is 4.27. The summed E-state index contributed by atoms with van der Waals surface area (Å²) >= 11 is 0. The SMILES string of the molecule is CCOC(=O)[C@@H](C)Oc1c(-c2ccc(OC)cc2)oc2ccc(C)cc2c1=O. The van der Waals surface area contributed by atoms with Gasteiger partial charge in [0.05, 0.1) is 19.1 Å². The second-order valence-corrected chi connectivity index (χ2v) is 6.33. The van der Waals surface area contributed by atoms with Crippen LogP contribution in [0.25, 0.3) is 22.3 Å². The minimum atomic E-state index is -0.956. The minimum Gasteiger partial charge on any atom is -0.497 e. The summed E-state index contributed by atoms with van der Waals surface area (Å²) in [5.41, 5.74) is 1.65. The normalized spacial score (nSPS) is 11.9. The number of esters is 1. The summed E-state index contributed by atoms with van der Waals surface area (Å²) < 4.78 is 21.9. The summed E-state index contributed by atoms with van der Waals surface area (Å²) in [4.78, 5) is 25.2. The molecule has 1 atom stereocenters. The van der Waals surface area contributed by atoms with Gasteiger partial charge >= 0.3 is 5.97 Å². The molecule has 0 spiro atoms. The molecule has 0 bridgehead atoms. The molecule has 0 radical (unpaired) electrons. The van der Waals surface area contributed by atoms with Crippen molar-refractivity contribution in [2.24, 2.45) is 0 Å². The Morgan fingerprint density at radius 1 is 1.14 bits per heavy atom. The van der Waals surface area contributed by atoms with E-state index in [-0.39, 0.29) is 23.5 Å². The van der Waals surface area contributed by atoms with Crippen molar-refractivity contribution < 1.29 is 23.4 Å². The Bertz CT molecular complexity index is 1050. The van der Waals surface area contributed by atoms with Crippen molar-refractivity contribution in [3.8, 4) is 22.8 Å². The molecule has 1 aromatic heterocycles. The van der Waals surface area contributed by atoms with Crippen LogP contribution in [0.15, 0.2) is 51.7 Å². The van der Waals surface area contributed by atoms with E-state index in [1.807, 2.05) is 13.0 Å². The summed E-state index contributed by atoms with van der Waals surface area (Å²) in [6.07, 6.45) is -0.956. The molecule has 28 heavy (non-hydrogen) atoms. The highest BCUT2D eigenvalue weighted by Gasteiger charge is 2.23. The van der Waals surface area contributed by atoms with Crippen LogP contribution in [0.3, 0.4) is 0 Å². The third-order valence-electron chi connectivity index (χ3n) is 4.27. The summed E-state index contributed by atoms with van der Waals surface area (Å²) in [5, 5.41) is 0.392. The van der Waals surface area contributed by atoms with Gasteiger partial charge in [-0.3, -0.25) is 4.79 Å². The van der Waals surface area contributed by atoms with E-state index in [1.165, 1.54) is 6.92 Å². The maximum atomic E-state index is 13.2. The maximum Gasteiger partial charge on any atom is 0.347 e. The zero-order chi connectivity index (χ0) is 20.3. The Balaban J connectivity index is 2.17.